The summed E-state index contributed by atoms with van der Waals surface area (Å²) < 4.78 is 10.5. The van der Waals surface area contributed by atoms with Crippen molar-refractivity contribution in [2.45, 2.75) is 71.8 Å². The summed E-state index contributed by atoms with van der Waals surface area (Å²) >= 11 is 0. The topological polar surface area (TPSA) is 219 Å². The fraction of sp³-hybridized carbons (Fsp3) is 0.471. The first kappa shape index (κ1) is 40.0. The molecule has 0 radical (unpaired) electrons. The third-order valence-electron chi connectivity index (χ3n) is 6.75. The first-order valence-electron chi connectivity index (χ1n) is 16.1. The molecule has 2 atom stereocenters. The molecule has 0 bridgehead atoms. The number of benzene rings is 2. The first-order valence-corrected chi connectivity index (χ1v) is 16.1. The van der Waals surface area contributed by atoms with Crippen LogP contribution in [0.3, 0.4) is 0 Å². The predicted octanol–water partition coefficient (Wildman–Crippen LogP) is 2.17. The Balaban J connectivity index is 1.91. The molecule has 15 heteroatoms. The molecule has 0 unspecified atom stereocenters. The number of urea groups is 1. The molecule has 2 aromatic carbocycles. The number of nitrogens with one attached hydrogen (secondary N) is 6. The molecule has 2 aromatic rings. The smallest absolute Gasteiger partial charge is 0.407 e. The van der Waals surface area contributed by atoms with Crippen LogP contribution in [-0.4, -0.2) is 79.7 Å². The molecule has 0 aliphatic rings. The van der Waals surface area contributed by atoms with E-state index in [1.54, 1.807) is 46.8 Å². The Morgan fingerprint density at radius 2 is 1.47 bits per heavy atom. The Morgan fingerprint density at radius 3 is 2.08 bits per heavy atom. The highest BCUT2D eigenvalue weighted by Crippen LogP contribution is 2.16. The van der Waals surface area contributed by atoms with Gasteiger partial charge in [0.2, 0.25) is 17.7 Å². The van der Waals surface area contributed by atoms with Crippen LogP contribution in [0.25, 0.3) is 0 Å². The average Bonchev–Trinajstić information content (AvgIpc) is 3.03. The number of hydrogen-bond acceptors (Lipinski definition) is 9. The number of rotatable bonds is 18. The quantitative estimate of drug-likeness (QED) is 0.0903. The summed E-state index contributed by atoms with van der Waals surface area (Å²) in [5, 5.41) is 16.1. The van der Waals surface area contributed by atoms with E-state index in [4.69, 9.17) is 15.2 Å². The van der Waals surface area contributed by atoms with Gasteiger partial charge in [0.25, 0.3) is 0 Å². The first-order chi connectivity index (χ1) is 23.1. The van der Waals surface area contributed by atoms with Gasteiger partial charge in [0.15, 0.2) is 0 Å². The normalized spacial score (nSPS) is 12.2. The number of nitrogens with two attached hydrogens (primary N) is 1. The molecule has 6 amide bonds. The van der Waals surface area contributed by atoms with Crippen LogP contribution in [-0.2, 0) is 30.5 Å². The van der Waals surface area contributed by atoms with Gasteiger partial charge in [-0.05, 0) is 69.4 Å². The molecule has 15 nitrogen and oxygen atoms in total. The van der Waals surface area contributed by atoms with E-state index in [-0.39, 0.29) is 45.1 Å². The van der Waals surface area contributed by atoms with Crippen LogP contribution in [0, 0.1) is 5.92 Å². The summed E-state index contributed by atoms with van der Waals surface area (Å²) in [6, 6.07) is 12.8. The van der Waals surface area contributed by atoms with Gasteiger partial charge < -0.3 is 41.8 Å². The lowest BCUT2D eigenvalue weighted by atomic mass is 10.0. The highest BCUT2D eigenvalue weighted by atomic mass is 16.6. The lowest BCUT2D eigenvalue weighted by Crippen LogP contribution is -2.55. The van der Waals surface area contributed by atoms with Gasteiger partial charge in [-0.2, -0.15) is 0 Å². The standard InChI is InChI=1S/C34H49N7O8/c1-22(2)28(39-20-27(42)36-18-19-38-33(47)48-21-23-10-7-6-8-11-23)30(44)41-26(12-9-17-37-32(35)46)29(43)40-25-15-13-24(14-16-25)31(45)49-34(3,4)5/h6-8,10-11,13-16,22,26,28,39H,9,12,17-21H2,1-5H3,(H,36,42)(H,38,47)(H,40,43)(H,41,44)(H3,35,37,46)/t26-,28-/m0/s1. The van der Waals surface area contributed by atoms with E-state index in [1.807, 2.05) is 30.3 Å². The lowest BCUT2D eigenvalue weighted by Gasteiger charge is -2.25. The van der Waals surface area contributed by atoms with E-state index in [0.717, 1.165) is 5.56 Å². The van der Waals surface area contributed by atoms with Crippen molar-refractivity contribution in [3.05, 3.63) is 65.7 Å². The van der Waals surface area contributed by atoms with Gasteiger partial charge in [-0.25, -0.2) is 14.4 Å². The molecule has 0 spiro atoms. The zero-order valence-corrected chi connectivity index (χ0v) is 28.7. The van der Waals surface area contributed by atoms with E-state index in [9.17, 15) is 28.8 Å². The fourth-order valence-corrected chi connectivity index (χ4v) is 4.34. The minimum absolute atomic E-state index is 0.122. The molecule has 0 saturated carbocycles. The second-order valence-electron chi connectivity index (χ2n) is 12.5. The largest absolute Gasteiger partial charge is 0.456 e. The minimum Gasteiger partial charge on any atom is -0.456 e. The molecule has 0 aliphatic carbocycles. The van der Waals surface area contributed by atoms with Crippen LogP contribution in [0.2, 0.25) is 0 Å². The van der Waals surface area contributed by atoms with E-state index < -0.39 is 53.5 Å². The number of ether oxygens (including phenoxy) is 2. The van der Waals surface area contributed by atoms with Gasteiger partial charge in [0.1, 0.15) is 18.2 Å². The molecular weight excluding hydrogens is 634 g/mol. The van der Waals surface area contributed by atoms with Crippen molar-refractivity contribution in [2.24, 2.45) is 11.7 Å². The van der Waals surface area contributed by atoms with E-state index in [0.29, 0.717) is 17.7 Å². The Hall–Kier alpha value is -5.18. The number of amides is 6. The van der Waals surface area contributed by atoms with Gasteiger partial charge in [-0.1, -0.05) is 44.2 Å². The number of primary amides is 1. The summed E-state index contributed by atoms with van der Waals surface area (Å²) in [7, 11) is 0. The Labute approximate surface area is 286 Å². The maximum absolute atomic E-state index is 13.4. The average molecular weight is 684 g/mol. The lowest BCUT2D eigenvalue weighted by molar-refractivity contribution is -0.129. The predicted molar refractivity (Wildman–Crippen MR) is 183 cm³/mol. The summed E-state index contributed by atoms with van der Waals surface area (Å²) in [6.07, 6.45) is -0.121. The van der Waals surface area contributed by atoms with E-state index in [1.165, 1.54) is 12.1 Å². The summed E-state index contributed by atoms with van der Waals surface area (Å²) in [5.41, 5.74) is 6.02. The molecule has 0 aliphatic heterocycles. The molecular formula is C34H49N7O8. The molecule has 2 rings (SSSR count). The molecule has 49 heavy (non-hydrogen) atoms. The second kappa shape index (κ2) is 20.2. The zero-order valence-electron chi connectivity index (χ0n) is 28.7. The van der Waals surface area contributed by atoms with Crippen LogP contribution < -0.4 is 37.6 Å². The molecule has 8 N–H and O–H groups in total. The molecule has 0 heterocycles. The maximum atomic E-state index is 13.4. The van der Waals surface area contributed by atoms with Gasteiger partial charge >= 0.3 is 18.1 Å². The summed E-state index contributed by atoms with van der Waals surface area (Å²) in [6.45, 7) is 9.25. The highest BCUT2D eigenvalue weighted by Gasteiger charge is 2.28. The van der Waals surface area contributed by atoms with Gasteiger partial charge in [0.05, 0.1) is 18.2 Å². The monoisotopic (exact) mass is 683 g/mol. The number of esters is 1. The summed E-state index contributed by atoms with van der Waals surface area (Å²) in [4.78, 5) is 74.4. The third-order valence-corrected chi connectivity index (χ3v) is 6.75. The van der Waals surface area contributed by atoms with Gasteiger partial charge in [0, 0.05) is 25.3 Å². The molecule has 268 valence electrons. The molecule has 0 aromatic heterocycles. The van der Waals surface area contributed by atoms with Crippen molar-refractivity contribution in [1.29, 1.82) is 0 Å². The van der Waals surface area contributed by atoms with Gasteiger partial charge in [-0.15, -0.1) is 0 Å². The molecule has 0 fully saturated rings. The number of alkyl carbamates (subject to hydrolysis) is 1. The fourth-order valence-electron chi connectivity index (χ4n) is 4.34. The number of carbonyl (C=O) groups is 6. The van der Waals surface area contributed by atoms with Crippen LogP contribution in [0.5, 0.6) is 0 Å². The van der Waals surface area contributed by atoms with Crippen molar-refractivity contribution in [3.63, 3.8) is 0 Å². The third kappa shape index (κ3) is 16.5. The molecule has 0 saturated heterocycles. The van der Waals surface area contributed by atoms with Crippen molar-refractivity contribution in [2.75, 3.05) is 31.5 Å². The van der Waals surface area contributed by atoms with E-state index in [2.05, 4.69) is 31.9 Å². The van der Waals surface area contributed by atoms with Crippen LogP contribution in [0.4, 0.5) is 15.3 Å². The zero-order chi connectivity index (χ0) is 36.4. The van der Waals surface area contributed by atoms with E-state index >= 15 is 0 Å². The van der Waals surface area contributed by atoms with Crippen molar-refractivity contribution in [3.8, 4) is 0 Å². The number of hydrogen-bond donors (Lipinski definition) is 7. The second-order valence-corrected chi connectivity index (χ2v) is 12.5. The van der Waals surface area contributed by atoms with Gasteiger partial charge in [-0.3, -0.25) is 19.7 Å². The van der Waals surface area contributed by atoms with Crippen LogP contribution in [0.15, 0.2) is 54.6 Å². The van der Waals surface area contributed by atoms with Crippen molar-refractivity contribution >= 4 is 41.5 Å². The maximum Gasteiger partial charge on any atom is 0.407 e. The van der Waals surface area contributed by atoms with Crippen LogP contribution in [0.1, 0.15) is 63.4 Å². The summed E-state index contributed by atoms with van der Waals surface area (Å²) in [5.74, 6) is -2.19. The highest BCUT2D eigenvalue weighted by molar-refractivity contribution is 5.98. The Bertz CT molecular complexity index is 1400. The van der Waals surface area contributed by atoms with Crippen LogP contribution >= 0.6 is 0 Å². The minimum atomic E-state index is -1.00. The SMILES string of the molecule is CC(C)[C@H](NCC(=O)NCCNC(=O)OCc1ccccc1)C(=O)N[C@@H](CCCNC(N)=O)C(=O)Nc1ccc(C(=O)OC(C)(C)C)cc1. The number of anilines is 1. The number of carbonyl (C=O) groups excluding carboxylic acids is 6. The Morgan fingerprint density at radius 1 is 0.816 bits per heavy atom. The van der Waals surface area contributed by atoms with Crippen molar-refractivity contribution < 1.29 is 38.2 Å². The van der Waals surface area contributed by atoms with Crippen molar-refractivity contribution in [1.82, 2.24) is 26.6 Å². The Kier molecular flexibility index (Phi) is 16.5.